The molecule has 8 heteroatoms. The topological polar surface area (TPSA) is 101 Å². The number of primary sulfonamides is 1. The van der Waals surface area contributed by atoms with Gasteiger partial charge in [0.25, 0.3) is 0 Å². The Labute approximate surface area is 135 Å². The van der Waals surface area contributed by atoms with Crippen molar-refractivity contribution >= 4 is 33.5 Å². The van der Waals surface area contributed by atoms with E-state index < -0.39 is 10.0 Å². The Morgan fingerprint density at radius 1 is 1.36 bits per heavy atom. The van der Waals surface area contributed by atoms with E-state index in [2.05, 4.69) is 10.6 Å². The van der Waals surface area contributed by atoms with Gasteiger partial charge in [-0.25, -0.2) is 18.4 Å². The molecule has 1 aromatic carbocycles. The van der Waals surface area contributed by atoms with Gasteiger partial charge in [0.1, 0.15) is 0 Å². The summed E-state index contributed by atoms with van der Waals surface area (Å²) in [6.45, 7) is 0. The van der Waals surface area contributed by atoms with Gasteiger partial charge in [0.15, 0.2) is 0 Å². The number of sulfonamides is 1. The lowest BCUT2D eigenvalue weighted by Gasteiger charge is -2.15. The number of anilines is 1. The number of nitrogens with one attached hydrogen (secondary N) is 2. The quantitative estimate of drug-likeness (QED) is 0.712. The van der Waals surface area contributed by atoms with E-state index in [0.29, 0.717) is 6.42 Å². The van der Waals surface area contributed by atoms with Crippen LogP contribution in [-0.2, 0) is 10.0 Å². The van der Waals surface area contributed by atoms with E-state index in [-0.39, 0.29) is 23.7 Å². The molecule has 0 saturated heterocycles. The minimum atomic E-state index is -3.45. The zero-order valence-corrected chi connectivity index (χ0v) is 14.0. The largest absolute Gasteiger partial charge is 0.335 e. The first-order valence-corrected chi connectivity index (χ1v) is 10.0. The normalized spacial score (nSPS) is 21.5. The summed E-state index contributed by atoms with van der Waals surface area (Å²) in [5, 5.41) is 10.8. The second-order valence-electron chi connectivity index (χ2n) is 5.50. The molecule has 0 aliphatic heterocycles. The Balaban J connectivity index is 1.86. The predicted octanol–water partition coefficient (Wildman–Crippen LogP) is 1.99. The summed E-state index contributed by atoms with van der Waals surface area (Å²) in [6.07, 6.45) is 4.14. The second-order valence-corrected chi connectivity index (χ2v) is 8.01. The molecule has 1 saturated carbocycles. The van der Waals surface area contributed by atoms with Crippen LogP contribution in [0, 0.1) is 5.92 Å². The maximum atomic E-state index is 12.1. The first-order valence-electron chi connectivity index (χ1n) is 7.08. The van der Waals surface area contributed by atoms with Crippen LogP contribution in [0.3, 0.4) is 0 Å². The Hall–Kier alpha value is -1.25. The number of carbonyl (C=O) groups is 1. The van der Waals surface area contributed by atoms with E-state index in [9.17, 15) is 13.2 Å². The molecule has 122 valence electrons. The molecule has 0 bridgehead atoms. The summed E-state index contributed by atoms with van der Waals surface area (Å²) >= 11 is 1.56. The van der Waals surface area contributed by atoms with Crippen molar-refractivity contribution in [3.05, 3.63) is 24.3 Å². The molecule has 0 spiro atoms. The van der Waals surface area contributed by atoms with Gasteiger partial charge in [-0.1, -0.05) is 12.1 Å². The highest BCUT2D eigenvalue weighted by atomic mass is 32.2. The third-order valence-corrected chi connectivity index (χ3v) is 5.43. The fourth-order valence-electron chi connectivity index (χ4n) is 2.78. The van der Waals surface area contributed by atoms with Crippen LogP contribution in [0.25, 0.3) is 0 Å². The van der Waals surface area contributed by atoms with Crippen molar-refractivity contribution in [1.82, 2.24) is 5.32 Å². The molecule has 1 fully saturated rings. The third kappa shape index (κ3) is 5.19. The third-order valence-electron chi connectivity index (χ3n) is 3.70. The first kappa shape index (κ1) is 17.1. The van der Waals surface area contributed by atoms with Crippen LogP contribution in [0.15, 0.2) is 29.2 Å². The Bertz CT molecular complexity index is 634. The fourth-order valence-corrected chi connectivity index (χ4v) is 4.29. The number of urea groups is 1. The minimum Gasteiger partial charge on any atom is -0.335 e. The highest BCUT2D eigenvalue weighted by Gasteiger charge is 2.28. The van der Waals surface area contributed by atoms with Gasteiger partial charge in [0.05, 0.1) is 11.4 Å². The molecule has 0 unspecified atom stereocenters. The molecule has 2 atom stereocenters. The lowest BCUT2D eigenvalue weighted by molar-refractivity contribution is 0.248. The minimum absolute atomic E-state index is 0.00630. The smallest absolute Gasteiger partial charge is 0.319 e. The Kier molecular flexibility index (Phi) is 5.71. The molecule has 1 aliphatic rings. The van der Waals surface area contributed by atoms with Crippen LogP contribution < -0.4 is 15.8 Å². The number of hydrogen-bond acceptors (Lipinski definition) is 4. The predicted molar refractivity (Wildman–Crippen MR) is 89.5 cm³/mol. The summed E-state index contributed by atoms with van der Waals surface area (Å²) < 4.78 is 22.2. The summed E-state index contributed by atoms with van der Waals surface area (Å²) in [6, 6.07) is 7.31. The summed E-state index contributed by atoms with van der Waals surface area (Å²) in [7, 11) is -3.45. The monoisotopic (exact) mass is 343 g/mol. The van der Waals surface area contributed by atoms with E-state index in [4.69, 9.17) is 5.14 Å². The van der Waals surface area contributed by atoms with Crippen LogP contribution in [0.2, 0.25) is 0 Å². The van der Waals surface area contributed by atoms with Gasteiger partial charge < -0.3 is 10.6 Å². The first-order chi connectivity index (χ1) is 10.4. The van der Waals surface area contributed by atoms with Gasteiger partial charge in [0, 0.05) is 10.9 Å². The van der Waals surface area contributed by atoms with Crippen molar-refractivity contribution < 1.29 is 13.2 Å². The number of thioether (sulfide) groups is 1. The van der Waals surface area contributed by atoms with Crippen LogP contribution in [0.4, 0.5) is 10.5 Å². The summed E-state index contributed by atoms with van der Waals surface area (Å²) in [5.41, 5.74) is 0.770. The molecule has 0 aromatic heterocycles. The molecule has 6 nitrogen and oxygen atoms in total. The van der Waals surface area contributed by atoms with Crippen molar-refractivity contribution in [1.29, 1.82) is 0 Å². The molecule has 22 heavy (non-hydrogen) atoms. The number of para-hydroxylation sites is 1. The summed E-state index contributed by atoms with van der Waals surface area (Å²) in [4.78, 5) is 13.1. The van der Waals surface area contributed by atoms with Crippen LogP contribution >= 0.6 is 11.8 Å². The van der Waals surface area contributed by atoms with Gasteiger partial charge in [-0.15, -0.1) is 11.8 Å². The van der Waals surface area contributed by atoms with Gasteiger partial charge in [-0.05, 0) is 43.6 Å². The number of hydrogen-bond donors (Lipinski definition) is 3. The van der Waals surface area contributed by atoms with Crippen molar-refractivity contribution in [2.75, 3.05) is 17.3 Å². The Morgan fingerprint density at radius 3 is 2.77 bits per heavy atom. The van der Waals surface area contributed by atoms with Crippen LogP contribution in [0.1, 0.15) is 19.3 Å². The zero-order valence-electron chi connectivity index (χ0n) is 12.4. The van der Waals surface area contributed by atoms with Crippen molar-refractivity contribution in [3.8, 4) is 0 Å². The average molecular weight is 343 g/mol. The number of benzene rings is 1. The van der Waals surface area contributed by atoms with Gasteiger partial charge in [0.2, 0.25) is 10.0 Å². The van der Waals surface area contributed by atoms with E-state index >= 15 is 0 Å². The van der Waals surface area contributed by atoms with Crippen LogP contribution in [0.5, 0.6) is 0 Å². The van der Waals surface area contributed by atoms with E-state index in [1.165, 1.54) is 0 Å². The van der Waals surface area contributed by atoms with Crippen molar-refractivity contribution in [2.24, 2.45) is 11.1 Å². The maximum absolute atomic E-state index is 12.1. The highest BCUT2D eigenvalue weighted by Crippen LogP contribution is 2.27. The van der Waals surface area contributed by atoms with E-state index in [1.807, 2.05) is 30.5 Å². The number of nitrogens with two attached hydrogens (primary N) is 1. The molecule has 2 rings (SSSR count). The molecule has 2 amide bonds. The molecule has 1 aliphatic carbocycles. The Morgan fingerprint density at radius 2 is 2.09 bits per heavy atom. The molecular formula is C14H21N3O3S2. The highest BCUT2D eigenvalue weighted by molar-refractivity contribution is 7.98. The van der Waals surface area contributed by atoms with Gasteiger partial charge in [-0.2, -0.15) is 0 Å². The number of carbonyl (C=O) groups excluding carboxylic acids is 1. The zero-order chi connectivity index (χ0) is 16.2. The summed E-state index contributed by atoms with van der Waals surface area (Å²) in [5.74, 6) is 0.0149. The molecule has 0 radical (unpaired) electrons. The number of amides is 2. The SMILES string of the molecule is CSc1ccccc1NC(=O)N[C@@H]1CC[C@H](CS(N)(=O)=O)C1. The van der Waals surface area contributed by atoms with Crippen LogP contribution in [-0.4, -0.2) is 32.5 Å². The lowest BCUT2D eigenvalue weighted by atomic mass is 10.1. The lowest BCUT2D eigenvalue weighted by Crippen LogP contribution is -2.36. The molecule has 1 aromatic rings. The van der Waals surface area contributed by atoms with Crippen molar-refractivity contribution in [3.63, 3.8) is 0 Å². The maximum Gasteiger partial charge on any atom is 0.319 e. The van der Waals surface area contributed by atoms with Gasteiger partial charge in [-0.3, -0.25) is 0 Å². The number of rotatable bonds is 5. The molecule has 4 N–H and O–H groups in total. The van der Waals surface area contributed by atoms with Gasteiger partial charge >= 0.3 is 6.03 Å². The van der Waals surface area contributed by atoms with E-state index in [0.717, 1.165) is 23.4 Å². The van der Waals surface area contributed by atoms with E-state index in [1.54, 1.807) is 11.8 Å². The average Bonchev–Trinajstić information content (AvgIpc) is 2.84. The molecular weight excluding hydrogens is 322 g/mol. The fraction of sp³-hybridized carbons (Fsp3) is 0.500. The van der Waals surface area contributed by atoms with Crippen molar-refractivity contribution in [2.45, 2.75) is 30.2 Å². The second kappa shape index (κ2) is 7.34. The molecule has 0 heterocycles. The standard InChI is InChI=1S/C14H21N3O3S2/c1-21-13-5-3-2-4-12(13)17-14(18)16-11-7-6-10(8-11)9-22(15,19)20/h2-5,10-11H,6-9H2,1H3,(H2,15,19,20)(H2,16,17,18)/t10-,11+/m0/s1.